The first-order chi connectivity index (χ1) is 9.08. The molecule has 2 nitrogen and oxygen atoms in total. The number of hydrogen-bond donors (Lipinski definition) is 0. The molecule has 0 spiro atoms. The van der Waals surface area contributed by atoms with Crippen LogP contribution >= 0.6 is 0 Å². The number of ether oxygens (including phenoxy) is 1. The predicted octanol–water partition coefficient (Wildman–Crippen LogP) is 5.89. The quantitative estimate of drug-likeness (QED) is 0.366. The highest BCUT2D eigenvalue weighted by molar-refractivity contribution is 5.68. The number of carbonyl (C=O) groups is 1. The maximum Gasteiger partial charge on any atom is 0.305 e. The molecular weight excluding hydrogens is 236 g/mol. The lowest BCUT2D eigenvalue weighted by Crippen LogP contribution is -2.09. The number of rotatable bonds is 10. The summed E-state index contributed by atoms with van der Waals surface area (Å²) in [7, 11) is 0. The van der Waals surface area contributed by atoms with Gasteiger partial charge in [-0.3, -0.25) is 4.79 Å². The fraction of sp³-hybridized carbons (Fsp3) is 0.941. The molecule has 116 valence electrons. The van der Waals surface area contributed by atoms with Crippen molar-refractivity contribution in [3.8, 4) is 0 Å². The summed E-state index contributed by atoms with van der Waals surface area (Å²) < 4.78 is 4.76. The van der Waals surface area contributed by atoms with Crippen molar-refractivity contribution < 1.29 is 9.53 Å². The van der Waals surface area contributed by atoms with E-state index in [0.29, 0.717) is 6.42 Å². The molecule has 0 heterocycles. The van der Waals surface area contributed by atoms with Gasteiger partial charge >= 0.3 is 5.97 Å². The Labute approximate surface area is 121 Å². The van der Waals surface area contributed by atoms with Crippen molar-refractivity contribution >= 4 is 5.97 Å². The summed E-state index contributed by atoms with van der Waals surface area (Å²) in [5.74, 6) is -0.125. The smallest absolute Gasteiger partial charge is 0.305 e. The average molecular weight is 272 g/mol. The van der Waals surface area contributed by atoms with Gasteiger partial charge in [0.1, 0.15) is 0 Å². The summed E-state index contributed by atoms with van der Waals surface area (Å²) in [6, 6.07) is 0. The van der Waals surface area contributed by atoms with Gasteiger partial charge in [0, 0.05) is 6.42 Å². The fourth-order valence-corrected chi connectivity index (χ4v) is 1.73. The zero-order valence-electron chi connectivity index (χ0n) is 14.0. The van der Waals surface area contributed by atoms with Gasteiger partial charge in [0.05, 0.1) is 6.10 Å². The van der Waals surface area contributed by atoms with Gasteiger partial charge in [-0.2, -0.15) is 0 Å². The van der Waals surface area contributed by atoms with E-state index in [1.54, 1.807) is 6.92 Å². The molecule has 0 aliphatic carbocycles. The molecule has 2 heteroatoms. The molecule has 0 rings (SSSR count). The topological polar surface area (TPSA) is 26.3 Å². The first-order valence-corrected chi connectivity index (χ1v) is 8.27. The van der Waals surface area contributed by atoms with Gasteiger partial charge in [0.2, 0.25) is 0 Å². The van der Waals surface area contributed by atoms with Crippen molar-refractivity contribution in [2.45, 2.75) is 105 Å². The van der Waals surface area contributed by atoms with Crippen LogP contribution in [0.15, 0.2) is 0 Å². The molecule has 0 fully saturated rings. The van der Waals surface area contributed by atoms with Gasteiger partial charge < -0.3 is 4.74 Å². The van der Waals surface area contributed by atoms with E-state index in [-0.39, 0.29) is 12.1 Å². The zero-order valence-corrected chi connectivity index (χ0v) is 14.0. The largest absolute Gasteiger partial charge is 0.463 e. The Morgan fingerprint density at radius 2 is 1.16 bits per heavy atom. The summed E-state index contributed by atoms with van der Waals surface area (Å²) in [6.07, 6.45) is 13.5. The highest BCUT2D eigenvalue weighted by Gasteiger charge is 1.98. The van der Waals surface area contributed by atoms with E-state index >= 15 is 0 Å². The Morgan fingerprint density at radius 1 is 0.789 bits per heavy atom. The molecule has 0 N–H and O–H groups in total. The third kappa shape index (κ3) is 23.0. The van der Waals surface area contributed by atoms with E-state index in [4.69, 9.17) is 4.74 Å². The van der Waals surface area contributed by atoms with Crippen LogP contribution in [0.4, 0.5) is 0 Å². The molecule has 0 bridgehead atoms. The summed E-state index contributed by atoms with van der Waals surface area (Å²) in [5, 5.41) is 0. The normalized spacial score (nSPS) is 10.0. The van der Waals surface area contributed by atoms with Crippen molar-refractivity contribution in [2.24, 2.45) is 0 Å². The SMILES string of the molecule is CCC(=O)OC(C)C.CCCCCCCCCCC. The average Bonchev–Trinajstić information content (AvgIpc) is 2.38. The standard InChI is InChI=1S/C11H24.C6H12O2/c1-3-5-7-9-11-10-8-6-4-2;1-4-6(7)8-5(2)3/h3-11H2,1-2H3;5H,4H2,1-3H3. The Kier molecular flexibility index (Phi) is 19.1. The van der Waals surface area contributed by atoms with Crippen molar-refractivity contribution in [1.82, 2.24) is 0 Å². The van der Waals surface area contributed by atoms with E-state index in [1.807, 2.05) is 13.8 Å². The first kappa shape index (κ1) is 20.8. The predicted molar refractivity (Wildman–Crippen MR) is 84.4 cm³/mol. The Morgan fingerprint density at radius 3 is 1.37 bits per heavy atom. The molecule has 0 unspecified atom stereocenters. The van der Waals surface area contributed by atoms with Crippen molar-refractivity contribution in [2.75, 3.05) is 0 Å². The van der Waals surface area contributed by atoms with Crippen LogP contribution in [0.3, 0.4) is 0 Å². The lowest BCUT2D eigenvalue weighted by molar-refractivity contribution is -0.146. The van der Waals surface area contributed by atoms with Crippen LogP contribution in [0.1, 0.15) is 98.8 Å². The second-order valence-corrected chi connectivity index (χ2v) is 5.37. The van der Waals surface area contributed by atoms with Crippen LogP contribution in [0.5, 0.6) is 0 Å². The summed E-state index contributed by atoms with van der Waals surface area (Å²) >= 11 is 0. The van der Waals surface area contributed by atoms with Gasteiger partial charge in [-0.1, -0.05) is 78.6 Å². The van der Waals surface area contributed by atoms with Crippen LogP contribution in [0.25, 0.3) is 0 Å². The third-order valence-corrected chi connectivity index (χ3v) is 2.86. The van der Waals surface area contributed by atoms with Crippen LogP contribution < -0.4 is 0 Å². The summed E-state index contributed by atoms with van der Waals surface area (Å²) in [4.78, 5) is 10.4. The number of hydrogen-bond acceptors (Lipinski definition) is 2. The Hall–Kier alpha value is -0.530. The highest BCUT2D eigenvalue weighted by atomic mass is 16.5. The zero-order chi connectivity index (χ0) is 14.9. The lowest BCUT2D eigenvalue weighted by Gasteiger charge is -2.04. The Balaban J connectivity index is 0. The van der Waals surface area contributed by atoms with Gasteiger partial charge in [-0.05, 0) is 13.8 Å². The molecule has 0 aliphatic rings. The molecule has 0 saturated heterocycles. The summed E-state index contributed by atoms with van der Waals surface area (Å²) in [5.41, 5.74) is 0. The van der Waals surface area contributed by atoms with Gasteiger partial charge in [-0.15, -0.1) is 0 Å². The van der Waals surface area contributed by atoms with Crippen molar-refractivity contribution in [1.29, 1.82) is 0 Å². The lowest BCUT2D eigenvalue weighted by atomic mass is 10.1. The highest BCUT2D eigenvalue weighted by Crippen LogP contribution is 2.08. The second-order valence-electron chi connectivity index (χ2n) is 5.37. The number of carbonyl (C=O) groups excluding carboxylic acids is 1. The van der Waals surface area contributed by atoms with E-state index in [9.17, 15) is 4.79 Å². The number of esters is 1. The Bertz CT molecular complexity index is 168. The van der Waals surface area contributed by atoms with Crippen LogP contribution in [-0.2, 0) is 9.53 Å². The molecule has 0 aromatic carbocycles. The van der Waals surface area contributed by atoms with E-state index in [1.165, 1.54) is 57.8 Å². The van der Waals surface area contributed by atoms with E-state index < -0.39 is 0 Å². The van der Waals surface area contributed by atoms with Crippen LogP contribution in [0, 0.1) is 0 Å². The first-order valence-electron chi connectivity index (χ1n) is 8.27. The van der Waals surface area contributed by atoms with Gasteiger partial charge in [0.15, 0.2) is 0 Å². The second kappa shape index (κ2) is 17.5. The molecule has 0 aromatic heterocycles. The van der Waals surface area contributed by atoms with Crippen LogP contribution in [-0.4, -0.2) is 12.1 Å². The third-order valence-electron chi connectivity index (χ3n) is 2.86. The van der Waals surface area contributed by atoms with E-state index in [0.717, 1.165) is 0 Å². The minimum absolute atomic E-state index is 0.0300. The molecule has 0 atom stereocenters. The van der Waals surface area contributed by atoms with Gasteiger partial charge in [-0.25, -0.2) is 0 Å². The molecule has 0 radical (unpaired) electrons. The molecule has 19 heavy (non-hydrogen) atoms. The maximum atomic E-state index is 10.4. The van der Waals surface area contributed by atoms with Crippen molar-refractivity contribution in [3.63, 3.8) is 0 Å². The van der Waals surface area contributed by atoms with Crippen molar-refractivity contribution in [3.05, 3.63) is 0 Å². The van der Waals surface area contributed by atoms with E-state index in [2.05, 4.69) is 13.8 Å². The van der Waals surface area contributed by atoms with Gasteiger partial charge in [0.25, 0.3) is 0 Å². The number of unbranched alkanes of at least 4 members (excludes halogenated alkanes) is 8. The molecule has 0 aromatic rings. The molecule has 0 aliphatic heterocycles. The monoisotopic (exact) mass is 272 g/mol. The molecule has 0 saturated carbocycles. The minimum Gasteiger partial charge on any atom is -0.463 e. The summed E-state index contributed by atoms with van der Waals surface area (Å²) in [6.45, 7) is 10.0. The molecular formula is C17H36O2. The van der Waals surface area contributed by atoms with Crippen LogP contribution in [0.2, 0.25) is 0 Å². The molecule has 0 amide bonds. The fourth-order valence-electron chi connectivity index (χ4n) is 1.73. The maximum absolute atomic E-state index is 10.4. The minimum atomic E-state index is -0.125.